The molecule has 1 unspecified atom stereocenters. The highest BCUT2D eigenvalue weighted by molar-refractivity contribution is 5.94. The van der Waals surface area contributed by atoms with E-state index in [1.54, 1.807) is 12.1 Å². The van der Waals surface area contributed by atoms with Crippen molar-refractivity contribution in [2.24, 2.45) is 5.73 Å². The maximum atomic E-state index is 11.7. The van der Waals surface area contributed by atoms with Gasteiger partial charge in [0.15, 0.2) is 0 Å². The number of rotatable bonds is 6. The molecule has 100 valence electrons. The quantitative estimate of drug-likeness (QED) is 0.557. The molecule has 5 heteroatoms. The third-order valence-corrected chi connectivity index (χ3v) is 2.62. The van der Waals surface area contributed by atoms with Crippen LogP contribution in [-0.2, 0) is 6.42 Å². The lowest BCUT2D eigenvalue weighted by atomic mass is 10.1. The summed E-state index contributed by atoms with van der Waals surface area (Å²) >= 11 is 0. The number of nitrogens with two attached hydrogens (primary N) is 1. The Morgan fingerprint density at radius 3 is 2.50 bits per heavy atom. The van der Waals surface area contributed by atoms with Gasteiger partial charge in [0.2, 0.25) is 0 Å². The van der Waals surface area contributed by atoms with Gasteiger partial charge in [-0.2, -0.15) is 0 Å². The Hall–Kier alpha value is -1.43. The number of aliphatic hydroxyl groups excluding tert-OH is 1. The Labute approximate surface area is 107 Å². The predicted molar refractivity (Wildman–Crippen MR) is 69.2 cm³/mol. The highest BCUT2D eigenvalue weighted by Gasteiger charge is 2.20. The minimum absolute atomic E-state index is 0.00683. The summed E-state index contributed by atoms with van der Waals surface area (Å²) in [6.07, 6.45) is 0.779. The molecule has 0 fully saturated rings. The molecule has 0 heterocycles. The van der Waals surface area contributed by atoms with Gasteiger partial charge in [-0.05, 0) is 37.6 Å². The van der Waals surface area contributed by atoms with Gasteiger partial charge < -0.3 is 21.3 Å². The molecule has 1 atom stereocenters. The molecule has 5 N–H and O–H groups in total. The van der Waals surface area contributed by atoms with Crippen molar-refractivity contribution in [1.82, 2.24) is 5.32 Å². The molecule has 0 aliphatic carbocycles. The van der Waals surface area contributed by atoms with Crippen molar-refractivity contribution in [3.8, 4) is 0 Å². The molecule has 0 aromatic heterocycles. The fourth-order valence-corrected chi connectivity index (χ4v) is 1.42. The number of carbonyl (C=O) groups is 1. The van der Waals surface area contributed by atoms with Gasteiger partial charge in [-0.25, -0.2) is 0 Å². The van der Waals surface area contributed by atoms with Crippen LogP contribution in [0.2, 0.25) is 0 Å². The van der Waals surface area contributed by atoms with Gasteiger partial charge in [0.1, 0.15) is 5.60 Å². The number of aliphatic hydroxyl groups is 2. The van der Waals surface area contributed by atoms with E-state index >= 15 is 0 Å². The molecule has 18 heavy (non-hydrogen) atoms. The van der Waals surface area contributed by atoms with Crippen molar-refractivity contribution >= 4 is 5.91 Å². The second-order valence-corrected chi connectivity index (χ2v) is 4.57. The topological polar surface area (TPSA) is 95.6 Å². The zero-order valence-corrected chi connectivity index (χ0v) is 10.5. The van der Waals surface area contributed by atoms with E-state index in [-0.39, 0.29) is 12.5 Å². The molecule has 1 aromatic rings. The van der Waals surface area contributed by atoms with Gasteiger partial charge in [0, 0.05) is 12.1 Å². The number of hydrogen-bond donors (Lipinski definition) is 4. The molecule has 0 aliphatic rings. The van der Waals surface area contributed by atoms with E-state index in [1.807, 2.05) is 12.1 Å². The van der Waals surface area contributed by atoms with Gasteiger partial charge in [0.25, 0.3) is 5.91 Å². The number of carbonyl (C=O) groups excluding carboxylic acids is 1. The number of benzene rings is 1. The summed E-state index contributed by atoms with van der Waals surface area (Å²) in [5.74, 6) is -0.275. The smallest absolute Gasteiger partial charge is 0.251 e. The molecule has 0 aliphatic heterocycles. The van der Waals surface area contributed by atoms with Crippen molar-refractivity contribution < 1.29 is 15.0 Å². The standard InChI is InChI=1S/C13H20N2O3/c1-13(18,9-16)8-15-12(17)11-4-2-10(3-5-11)6-7-14/h2-5,16,18H,6-9,14H2,1H3,(H,15,17). The first-order valence-electron chi connectivity index (χ1n) is 5.89. The van der Waals surface area contributed by atoms with Crippen molar-refractivity contribution in [2.45, 2.75) is 18.9 Å². The van der Waals surface area contributed by atoms with Gasteiger partial charge >= 0.3 is 0 Å². The molecule has 0 spiro atoms. The van der Waals surface area contributed by atoms with Gasteiger partial charge in [-0.15, -0.1) is 0 Å². The lowest BCUT2D eigenvalue weighted by Gasteiger charge is -2.20. The first kappa shape index (κ1) is 14.6. The minimum atomic E-state index is -1.30. The van der Waals surface area contributed by atoms with E-state index in [1.165, 1.54) is 6.92 Å². The van der Waals surface area contributed by atoms with Gasteiger partial charge in [-0.1, -0.05) is 12.1 Å². The molecule has 0 saturated heterocycles. The van der Waals surface area contributed by atoms with E-state index in [0.717, 1.165) is 12.0 Å². The second-order valence-electron chi connectivity index (χ2n) is 4.57. The summed E-state index contributed by atoms with van der Waals surface area (Å²) < 4.78 is 0. The van der Waals surface area contributed by atoms with Gasteiger partial charge in [0.05, 0.1) is 6.61 Å². The lowest BCUT2D eigenvalue weighted by Crippen LogP contribution is -2.43. The van der Waals surface area contributed by atoms with E-state index < -0.39 is 12.2 Å². The largest absolute Gasteiger partial charge is 0.393 e. The zero-order chi connectivity index (χ0) is 13.6. The van der Waals surface area contributed by atoms with E-state index in [0.29, 0.717) is 12.1 Å². The van der Waals surface area contributed by atoms with Crippen LogP contribution >= 0.6 is 0 Å². The molecule has 0 bridgehead atoms. The van der Waals surface area contributed by atoms with Gasteiger partial charge in [-0.3, -0.25) is 4.79 Å². The van der Waals surface area contributed by atoms with Crippen LogP contribution in [0.3, 0.4) is 0 Å². The highest BCUT2D eigenvalue weighted by atomic mass is 16.3. The zero-order valence-electron chi connectivity index (χ0n) is 10.5. The molecule has 1 rings (SSSR count). The predicted octanol–water partition coefficient (Wildman–Crippen LogP) is -0.339. The average Bonchev–Trinajstić information content (AvgIpc) is 2.37. The van der Waals surface area contributed by atoms with Crippen LogP contribution < -0.4 is 11.1 Å². The Morgan fingerprint density at radius 2 is 2.00 bits per heavy atom. The van der Waals surface area contributed by atoms with Crippen LogP contribution in [0.5, 0.6) is 0 Å². The summed E-state index contributed by atoms with van der Waals surface area (Å²) in [4.78, 5) is 11.7. The Balaban J connectivity index is 2.56. The van der Waals surface area contributed by atoms with Crippen LogP contribution in [0.25, 0.3) is 0 Å². The molecule has 0 radical (unpaired) electrons. The third kappa shape index (κ3) is 4.44. The monoisotopic (exact) mass is 252 g/mol. The normalized spacial score (nSPS) is 14.0. The van der Waals surface area contributed by atoms with Crippen LogP contribution in [0.1, 0.15) is 22.8 Å². The van der Waals surface area contributed by atoms with Crippen LogP contribution in [0.15, 0.2) is 24.3 Å². The Bertz CT molecular complexity index is 388. The highest BCUT2D eigenvalue weighted by Crippen LogP contribution is 2.06. The van der Waals surface area contributed by atoms with E-state index in [9.17, 15) is 9.90 Å². The van der Waals surface area contributed by atoms with Crippen LogP contribution in [0.4, 0.5) is 0 Å². The average molecular weight is 252 g/mol. The first-order valence-corrected chi connectivity index (χ1v) is 5.89. The summed E-state index contributed by atoms with van der Waals surface area (Å²) in [6, 6.07) is 7.14. The molecular weight excluding hydrogens is 232 g/mol. The SMILES string of the molecule is CC(O)(CO)CNC(=O)c1ccc(CCN)cc1. The summed E-state index contributed by atoms with van der Waals surface area (Å²) in [7, 11) is 0. The minimum Gasteiger partial charge on any atom is -0.393 e. The third-order valence-electron chi connectivity index (χ3n) is 2.62. The fraction of sp³-hybridized carbons (Fsp3) is 0.462. The molecule has 1 aromatic carbocycles. The fourth-order valence-electron chi connectivity index (χ4n) is 1.42. The Morgan fingerprint density at radius 1 is 1.39 bits per heavy atom. The molecule has 0 saturated carbocycles. The molecule has 1 amide bonds. The lowest BCUT2D eigenvalue weighted by molar-refractivity contribution is 0.00320. The van der Waals surface area contributed by atoms with Crippen molar-refractivity contribution in [3.63, 3.8) is 0 Å². The van der Waals surface area contributed by atoms with Crippen molar-refractivity contribution in [1.29, 1.82) is 0 Å². The number of nitrogens with one attached hydrogen (secondary N) is 1. The second kappa shape index (κ2) is 6.49. The van der Waals surface area contributed by atoms with E-state index in [4.69, 9.17) is 10.8 Å². The summed E-state index contributed by atoms with van der Waals surface area (Å²) in [6.45, 7) is 1.64. The Kier molecular flexibility index (Phi) is 5.27. The number of hydrogen-bond acceptors (Lipinski definition) is 4. The number of amides is 1. The van der Waals surface area contributed by atoms with E-state index in [2.05, 4.69) is 5.32 Å². The summed E-state index contributed by atoms with van der Waals surface area (Å²) in [5, 5.41) is 21.0. The molecule has 5 nitrogen and oxygen atoms in total. The van der Waals surface area contributed by atoms with Crippen molar-refractivity contribution in [2.75, 3.05) is 19.7 Å². The maximum Gasteiger partial charge on any atom is 0.251 e. The maximum absolute atomic E-state index is 11.7. The van der Waals surface area contributed by atoms with Crippen molar-refractivity contribution in [3.05, 3.63) is 35.4 Å². The van der Waals surface area contributed by atoms with Crippen LogP contribution in [0, 0.1) is 0 Å². The summed E-state index contributed by atoms with van der Waals surface area (Å²) in [5.41, 5.74) is 5.74. The van der Waals surface area contributed by atoms with Crippen LogP contribution in [-0.4, -0.2) is 41.4 Å². The first-order chi connectivity index (χ1) is 8.48. The molecular formula is C13H20N2O3.